The van der Waals surface area contributed by atoms with Gasteiger partial charge in [0.15, 0.2) is 0 Å². The van der Waals surface area contributed by atoms with Crippen molar-refractivity contribution < 1.29 is 9.53 Å². The van der Waals surface area contributed by atoms with Gasteiger partial charge in [0.1, 0.15) is 6.33 Å². The molecule has 3 heterocycles. The summed E-state index contributed by atoms with van der Waals surface area (Å²) in [5, 5.41) is 4.06. The Morgan fingerprint density at radius 2 is 2.08 bits per heavy atom. The molecule has 1 unspecified atom stereocenters. The summed E-state index contributed by atoms with van der Waals surface area (Å²) in [6.45, 7) is 4.92. The van der Waals surface area contributed by atoms with Crippen LogP contribution in [0.25, 0.3) is 10.9 Å². The summed E-state index contributed by atoms with van der Waals surface area (Å²) in [7, 11) is 1.64. The number of fused-ring (bicyclic) bond motifs is 1. The van der Waals surface area contributed by atoms with Gasteiger partial charge in [0.2, 0.25) is 11.8 Å². The Bertz CT molecular complexity index is 789. The molecule has 0 aliphatic carbocycles. The maximum atomic E-state index is 11.6. The maximum absolute atomic E-state index is 11.6. The van der Waals surface area contributed by atoms with Crippen LogP contribution in [0.5, 0.6) is 5.88 Å². The van der Waals surface area contributed by atoms with Crippen LogP contribution in [0, 0.1) is 0 Å². The summed E-state index contributed by atoms with van der Waals surface area (Å²) in [5.41, 5.74) is 2.07. The fourth-order valence-electron chi connectivity index (χ4n) is 3.90. The molecule has 0 spiro atoms. The van der Waals surface area contributed by atoms with Gasteiger partial charge in [-0.15, -0.1) is 0 Å². The first kappa shape index (κ1) is 17.0. The summed E-state index contributed by atoms with van der Waals surface area (Å²) in [4.78, 5) is 24.9. The maximum Gasteiger partial charge on any atom is 0.224 e. The van der Waals surface area contributed by atoms with Crippen molar-refractivity contribution in [2.45, 2.75) is 25.3 Å². The topological polar surface area (TPSA) is 70.6 Å². The van der Waals surface area contributed by atoms with Gasteiger partial charge in [-0.1, -0.05) is 0 Å². The van der Waals surface area contributed by atoms with Crippen LogP contribution in [0.3, 0.4) is 0 Å². The number of amides is 1. The number of nitrogens with one attached hydrogen (secondary N) is 1. The number of benzene rings is 1. The summed E-state index contributed by atoms with van der Waals surface area (Å²) >= 11 is 0. The molecular weight excluding hydrogens is 330 g/mol. The average Bonchev–Trinajstić information content (AvgIpc) is 2.68. The van der Waals surface area contributed by atoms with Crippen LogP contribution >= 0.6 is 0 Å². The lowest BCUT2D eigenvalue weighted by Crippen LogP contribution is -2.52. The number of piperidine rings is 1. The van der Waals surface area contributed by atoms with Crippen LogP contribution < -0.4 is 15.0 Å². The predicted molar refractivity (Wildman–Crippen MR) is 101 cm³/mol. The van der Waals surface area contributed by atoms with E-state index in [2.05, 4.69) is 37.2 Å². The van der Waals surface area contributed by atoms with Crippen LogP contribution in [0.4, 0.5) is 5.69 Å². The Morgan fingerprint density at radius 3 is 2.85 bits per heavy atom. The number of rotatable bonds is 4. The van der Waals surface area contributed by atoms with Crippen molar-refractivity contribution in [3.8, 4) is 5.88 Å². The minimum atomic E-state index is 0.201. The molecular formula is C19H25N5O2. The van der Waals surface area contributed by atoms with Gasteiger partial charge in [-0.2, -0.15) is 0 Å². The lowest BCUT2D eigenvalue weighted by atomic mass is 10.0. The van der Waals surface area contributed by atoms with E-state index < -0.39 is 0 Å². The number of carbonyl (C=O) groups excluding carboxylic acids is 1. The van der Waals surface area contributed by atoms with E-state index in [9.17, 15) is 4.79 Å². The standard InChI is InChI=1S/C19H25N5O2/c1-26-19-16-11-15(5-6-17(16)20-13-21-19)24-9-7-23(8-10-24)12-14-3-2-4-18(25)22-14/h5-6,11,13-14H,2-4,7-10,12H2,1H3,(H,22,25). The predicted octanol–water partition coefficient (Wildman–Crippen LogP) is 1.43. The second kappa shape index (κ2) is 7.45. The first-order valence-electron chi connectivity index (χ1n) is 9.28. The van der Waals surface area contributed by atoms with Gasteiger partial charge >= 0.3 is 0 Å². The van der Waals surface area contributed by atoms with E-state index in [0.29, 0.717) is 18.3 Å². The molecule has 0 bridgehead atoms. The number of piperazine rings is 1. The zero-order valence-electron chi connectivity index (χ0n) is 15.1. The highest BCUT2D eigenvalue weighted by molar-refractivity contribution is 5.86. The molecule has 7 heteroatoms. The van der Waals surface area contributed by atoms with E-state index in [1.165, 1.54) is 12.0 Å². The highest BCUT2D eigenvalue weighted by atomic mass is 16.5. The largest absolute Gasteiger partial charge is 0.480 e. The van der Waals surface area contributed by atoms with Gasteiger partial charge in [-0.25, -0.2) is 9.97 Å². The summed E-state index contributed by atoms with van der Waals surface area (Å²) < 4.78 is 5.37. The molecule has 1 amide bonds. The Balaban J connectivity index is 1.40. The second-order valence-electron chi connectivity index (χ2n) is 7.03. The zero-order chi connectivity index (χ0) is 17.9. The third kappa shape index (κ3) is 3.58. The van der Waals surface area contributed by atoms with Crippen LogP contribution in [0.1, 0.15) is 19.3 Å². The Hall–Kier alpha value is -2.41. The molecule has 138 valence electrons. The molecule has 2 saturated heterocycles. The van der Waals surface area contributed by atoms with Gasteiger partial charge < -0.3 is 15.0 Å². The lowest BCUT2D eigenvalue weighted by Gasteiger charge is -2.38. The minimum absolute atomic E-state index is 0.201. The summed E-state index contributed by atoms with van der Waals surface area (Å²) in [6.07, 6.45) is 4.32. The normalized spacial score (nSPS) is 21.7. The number of ether oxygens (including phenoxy) is 1. The van der Waals surface area contributed by atoms with Crippen molar-refractivity contribution in [3.05, 3.63) is 24.5 Å². The smallest absolute Gasteiger partial charge is 0.224 e. The molecule has 1 aromatic heterocycles. The number of hydrogen-bond acceptors (Lipinski definition) is 6. The average molecular weight is 355 g/mol. The molecule has 1 aromatic carbocycles. The van der Waals surface area contributed by atoms with Crippen molar-refractivity contribution in [2.24, 2.45) is 0 Å². The molecule has 2 aliphatic rings. The van der Waals surface area contributed by atoms with Crippen LogP contribution in [-0.2, 0) is 4.79 Å². The van der Waals surface area contributed by atoms with Gasteiger partial charge in [-0.05, 0) is 31.0 Å². The monoisotopic (exact) mass is 355 g/mol. The third-order valence-corrected chi connectivity index (χ3v) is 5.31. The fourth-order valence-corrected chi connectivity index (χ4v) is 3.90. The van der Waals surface area contributed by atoms with Gasteiger partial charge in [0.05, 0.1) is 18.0 Å². The SMILES string of the molecule is COc1ncnc2ccc(N3CCN(CC4CCCC(=O)N4)CC3)cc12. The first-order valence-corrected chi connectivity index (χ1v) is 9.28. The number of methoxy groups -OCH3 is 1. The van der Waals surface area contributed by atoms with Crippen molar-refractivity contribution in [1.82, 2.24) is 20.2 Å². The summed E-state index contributed by atoms with van der Waals surface area (Å²) in [5.74, 6) is 0.816. The van der Waals surface area contributed by atoms with Gasteiger partial charge in [-0.3, -0.25) is 9.69 Å². The molecule has 1 atom stereocenters. The summed E-state index contributed by atoms with van der Waals surface area (Å²) in [6, 6.07) is 6.57. The Morgan fingerprint density at radius 1 is 1.23 bits per heavy atom. The van der Waals surface area contributed by atoms with Crippen molar-refractivity contribution in [1.29, 1.82) is 0 Å². The number of hydrogen-bond donors (Lipinski definition) is 1. The molecule has 1 N–H and O–H groups in total. The molecule has 7 nitrogen and oxygen atoms in total. The van der Waals surface area contributed by atoms with E-state index in [1.54, 1.807) is 7.11 Å². The molecule has 2 fully saturated rings. The molecule has 0 radical (unpaired) electrons. The van der Waals surface area contributed by atoms with Crippen LogP contribution in [-0.4, -0.2) is 66.7 Å². The van der Waals surface area contributed by atoms with Crippen LogP contribution in [0.15, 0.2) is 24.5 Å². The minimum Gasteiger partial charge on any atom is -0.480 e. The third-order valence-electron chi connectivity index (χ3n) is 5.31. The first-order chi connectivity index (χ1) is 12.7. The Kier molecular flexibility index (Phi) is 4.88. The molecule has 2 aliphatic heterocycles. The van der Waals surface area contributed by atoms with Gasteiger partial charge in [0.25, 0.3) is 0 Å². The molecule has 26 heavy (non-hydrogen) atoms. The van der Waals surface area contributed by atoms with Gasteiger partial charge in [0, 0.05) is 50.9 Å². The highest BCUT2D eigenvalue weighted by Crippen LogP contribution is 2.27. The quantitative estimate of drug-likeness (QED) is 0.895. The highest BCUT2D eigenvalue weighted by Gasteiger charge is 2.23. The zero-order valence-corrected chi connectivity index (χ0v) is 15.1. The van der Waals surface area contributed by atoms with E-state index in [4.69, 9.17) is 4.74 Å². The van der Waals surface area contributed by atoms with Crippen molar-refractivity contribution in [3.63, 3.8) is 0 Å². The van der Waals surface area contributed by atoms with E-state index in [0.717, 1.165) is 56.5 Å². The second-order valence-corrected chi connectivity index (χ2v) is 7.03. The van der Waals surface area contributed by atoms with Crippen molar-refractivity contribution in [2.75, 3.05) is 44.7 Å². The van der Waals surface area contributed by atoms with Crippen LogP contribution in [0.2, 0.25) is 0 Å². The lowest BCUT2D eigenvalue weighted by molar-refractivity contribution is -0.123. The number of nitrogens with zero attached hydrogens (tertiary/aromatic N) is 4. The van der Waals surface area contributed by atoms with E-state index in [-0.39, 0.29) is 5.91 Å². The van der Waals surface area contributed by atoms with E-state index >= 15 is 0 Å². The molecule has 4 rings (SSSR count). The molecule has 0 saturated carbocycles. The number of carbonyl (C=O) groups is 1. The number of anilines is 1. The van der Waals surface area contributed by atoms with E-state index in [1.807, 2.05) is 6.07 Å². The number of aromatic nitrogens is 2. The molecule has 2 aromatic rings. The Labute approximate surface area is 153 Å². The van der Waals surface area contributed by atoms with Crippen molar-refractivity contribution >= 4 is 22.5 Å². The fraction of sp³-hybridized carbons (Fsp3) is 0.526.